The van der Waals surface area contributed by atoms with Crippen molar-refractivity contribution >= 4 is 39.9 Å². The first-order valence-electron chi connectivity index (χ1n) is 12.6. The lowest BCUT2D eigenvalue weighted by Crippen LogP contribution is -2.47. The summed E-state index contributed by atoms with van der Waals surface area (Å²) in [6.45, 7) is 1.07. The Morgan fingerprint density at radius 1 is 1.02 bits per heavy atom. The molecule has 0 radical (unpaired) electrons. The Morgan fingerprint density at radius 2 is 1.72 bits per heavy atom. The van der Waals surface area contributed by atoms with Gasteiger partial charge in [0.05, 0.1) is 60.8 Å². The highest BCUT2D eigenvalue weighted by Crippen LogP contribution is 2.42. The molecule has 4 heterocycles. The quantitative estimate of drug-likeness (QED) is 0.158. The SMILES string of the molecule is CC[C@@]1(OC(=O)c2cc([N+](=O)[O-])cc([N+](=O)[O-])c2)C(=O)OCc2c1cc1n(c2=O)Cc2cc3c([N+](=O)[O-])cccc3nc2-1. The van der Waals surface area contributed by atoms with Crippen LogP contribution in [0.25, 0.3) is 22.3 Å². The summed E-state index contributed by atoms with van der Waals surface area (Å²) in [5.41, 5.74) is -3.56. The van der Waals surface area contributed by atoms with Gasteiger partial charge in [-0.2, -0.15) is 0 Å². The molecular formula is C27H17N5O11. The fraction of sp³-hybridized carbons (Fsp3) is 0.185. The zero-order valence-corrected chi connectivity index (χ0v) is 22.0. The third kappa shape index (κ3) is 4.06. The summed E-state index contributed by atoms with van der Waals surface area (Å²) in [6, 6.07) is 9.65. The van der Waals surface area contributed by atoms with Crippen molar-refractivity contribution in [3.05, 3.63) is 111 Å². The molecule has 0 spiro atoms. The Morgan fingerprint density at radius 3 is 2.35 bits per heavy atom. The van der Waals surface area contributed by atoms with Gasteiger partial charge in [-0.1, -0.05) is 13.0 Å². The summed E-state index contributed by atoms with van der Waals surface area (Å²) >= 11 is 0. The molecule has 16 heteroatoms. The number of pyridine rings is 2. The van der Waals surface area contributed by atoms with Crippen LogP contribution in [-0.2, 0) is 33.0 Å². The minimum Gasteiger partial charge on any atom is -0.457 e. The summed E-state index contributed by atoms with van der Waals surface area (Å²) in [6.07, 6.45) is -0.227. The van der Waals surface area contributed by atoms with Crippen molar-refractivity contribution in [2.75, 3.05) is 0 Å². The number of nitro benzene ring substituents is 3. The maximum absolute atomic E-state index is 13.7. The van der Waals surface area contributed by atoms with Crippen molar-refractivity contribution in [2.24, 2.45) is 0 Å². The molecule has 0 saturated heterocycles. The van der Waals surface area contributed by atoms with Crippen molar-refractivity contribution in [1.82, 2.24) is 9.55 Å². The van der Waals surface area contributed by atoms with Gasteiger partial charge >= 0.3 is 11.9 Å². The fourth-order valence-electron chi connectivity index (χ4n) is 5.44. The third-order valence-corrected chi connectivity index (χ3v) is 7.52. The summed E-state index contributed by atoms with van der Waals surface area (Å²) in [5.74, 6) is -2.31. The largest absolute Gasteiger partial charge is 0.457 e. The molecule has 0 N–H and O–H groups in total. The fourth-order valence-corrected chi connectivity index (χ4v) is 5.44. The number of rotatable bonds is 6. The number of esters is 2. The van der Waals surface area contributed by atoms with Crippen LogP contribution >= 0.6 is 0 Å². The number of hydrogen-bond acceptors (Lipinski definition) is 12. The minimum atomic E-state index is -2.18. The molecule has 2 aliphatic rings. The lowest BCUT2D eigenvalue weighted by atomic mass is 9.85. The van der Waals surface area contributed by atoms with Crippen molar-refractivity contribution < 1.29 is 33.8 Å². The van der Waals surface area contributed by atoms with Crippen LogP contribution in [0.4, 0.5) is 17.1 Å². The number of cyclic esters (lactones) is 1. The van der Waals surface area contributed by atoms with E-state index in [0.29, 0.717) is 22.8 Å². The van der Waals surface area contributed by atoms with Gasteiger partial charge < -0.3 is 14.0 Å². The van der Waals surface area contributed by atoms with E-state index in [-0.39, 0.29) is 40.9 Å². The van der Waals surface area contributed by atoms with E-state index >= 15 is 0 Å². The van der Waals surface area contributed by atoms with Gasteiger partial charge in [-0.25, -0.2) is 14.6 Å². The molecule has 0 amide bonds. The van der Waals surface area contributed by atoms with E-state index in [1.807, 2.05) is 0 Å². The number of non-ortho nitro benzene ring substituents is 3. The van der Waals surface area contributed by atoms with Gasteiger partial charge in [0, 0.05) is 29.3 Å². The van der Waals surface area contributed by atoms with E-state index in [2.05, 4.69) is 4.98 Å². The van der Waals surface area contributed by atoms with Gasteiger partial charge in [-0.3, -0.25) is 35.1 Å². The number of carbonyl (C=O) groups is 2. The van der Waals surface area contributed by atoms with Crippen LogP contribution in [0.15, 0.2) is 53.3 Å². The lowest BCUT2D eigenvalue weighted by Gasteiger charge is -2.35. The Labute approximate surface area is 238 Å². The van der Waals surface area contributed by atoms with Crippen molar-refractivity contribution in [2.45, 2.75) is 32.1 Å². The summed E-state index contributed by atoms with van der Waals surface area (Å²) in [5, 5.41) is 34.5. The number of carbonyl (C=O) groups excluding carboxylic acids is 2. The highest BCUT2D eigenvalue weighted by Gasteiger charge is 2.50. The average molecular weight is 587 g/mol. The van der Waals surface area contributed by atoms with Gasteiger partial charge in [0.1, 0.15) is 6.61 Å². The molecular weight excluding hydrogens is 570 g/mol. The second-order valence-electron chi connectivity index (χ2n) is 9.81. The highest BCUT2D eigenvalue weighted by molar-refractivity contribution is 5.95. The second kappa shape index (κ2) is 9.51. The maximum Gasteiger partial charge on any atom is 0.355 e. The molecule has 0 bridgehead atoms. The van der Waals surface area contributed by atoms with E-state index in [1.165, 1.54) is 29.7 Å². The topological polar surface area (TPSA) is 217 Å². The molecule has 1 atom stereocenters. The Balaban J connectivity index is 1.50. The van der Waals surface area contributed by atoms with Gasteiger partial charge in [0.25, 0.3) is 22.6 Å². The number of fused-ring (bicyclic) bond motifs is 5. The van der Waals surface area contributed by atoms with Crippen LogP contribution in [0, 0.1) is 30.3 Å². The van der Waals surface area contributed by atoms with E-state index in [9.17, 15) is 44.7 Å². The van der Waals surface area contributed by atoms with Crippen molar-refractivity contribution in [3.8, 4) is 11.4 Å². The normalized spacial score (nSPS) is 16.5. The van der Waals surface area contributed by atoms with E-state index in [1.54, 1.807) is 12.1 Å². The molecule has 6 rings (SSSR count). The predicted molar refractivity (Wildman–Crippen MR) is 144 cm³/mol. The summed E-state index contributed by atoms with van der Waals surface area (Å²) in [7, 11) is 0. The van der Waals surface area contributed by atoms with Crippen LogP contribution in [0.3, 0.4) is 0 Å². The average Bonchev–Trinajstić information content (AvgIpc) is 3.34. The molecule has 216 valence electrons. The first-order chi connectivity index (χ1) is 20.4. The molecule has 0 unspecified atom stereocenters. The third-order valence-electron chi connectivity index (χ3n) is 7.52. The molecule has 0 saturated carbocycles. The van der Waals surface area contributed by atoms with E-state index in [4.69, 9.17) is 9.47 Å². The number of ether oxygens (including phenoxy) is 2. The van der Waals surface area contributed by atoms with Crippen LogP contribution in [0.2, 0.25) is 0 Å². The molecule has 2 aromatic carbocycles. The molecule has 16 nitrogen and oxygen atoms in total. The number of aromatic nitrogens is 2. The zero-order valence-electron chi connectivity index (χ0n) is 22.0. The van der Waals surface area contributed by atoms with Gasteiger partial charge in [0.2, 0.25) is 5.60 Å². The summed E-state index contributed by atoms with van der Waals surface area (Å²) < 4.78 is 12.3. The number of hydrogen-bond donors (Lipinski definition) is 0. The van der Waals surface area contributed by atoms with Crippen molar-refractivity contribution in [3.63, 3.8) is 0 Å². The Hall–Kier alpha value is -6.06. The first kappa shape index (κ1) is 27.1. The summed E-state index contributed by atoms with van der Waals surface area (Å²) in [4.78, 5) is 76.7. The number of nitrogens with zero attached hydrogens (tertiary/aromatic N) is 5. The van der Waals surface area contributed by atoms with Gasteiger partial charge in [0.15, 0.2) is 0 Å². The van der Waals surface area contributed by atoms with Crippen molar-refractivity contribution in [1.29, 1.82) is 0 Å². The van der Waals surface area contributed by atoms with Crippen LogP contribution in [0.5, 0.6) is 0 Å². The molecule has 0 aliphatic carbocycles. The smallest absolute Gasteiger partial charge is 0.355 e. The molecule has 4 aromatic rings. The first-order valence-corrected chi connectivity index (χ1v) is 12.6. The highest BCUT2D eigenvalue weighted by atomic mass is 16.6. The van der Waals surface area contributed by atoms with Crippen LogP contribution < -0.4 is 5.56 Å². The van der Waals surface area contributed by atoms with E-state index < -0.39 is 61.4 Å². The zero-order chi connectivity index (χ0) is 30.8. The van der Waals surface area contributed by atoms with Crippen LogP contribution in [-0.4, -0.2) is 36.3 Å². The number of benzene rings is 2. The molecule has 43 heavy (non-hydrogen) atoms. The molecule has 2 aliphatic heterocycles. The maximum atomic E-state index is 13.7. The Bertz CT molecular complexity index is 2000. The second-order valence-corrected chi connectivity index (χ2v) is 9.81. The lowest BCUT2D eigenvalue weighted by molar-refractivity contribution is -0.394. The van der Waals surface area contributed by atoms with Crippen LogP contribution in [0.1, 0.15) is 40.4 Å². The molecule has 0 fully saturated rings. The predicted octanol–water partition coefficient (Wildman–Crippen LogP) is 3.67. The minimum absolute atomic E-state index is 0.00423. The Kier molecular flexibility index (Phi) is 6.00. The van der Waals surface area contributed by atoms with Gasteiger partial charge in [-0.15, -0.1) is 0 Å². The number of nitro groups is 3. The monoisotopic (exact) mass is 587 g/mol. The molecule has 2 aromatic heterocycles. The van der Waals surface area contributed by atoms with Gasteiger partial charge in [-0.05, 0) is 24.6 Å². The standard InChI is InChI=1S/C27H17N5O11/c1-2-27(43-25(34)13-6-15(30(36)37)9-16(7-13)31(38)39)19-10-22-23-14(11-29(22)24(33)18(19)12-42-26(27)35)8-17-20(28-23)4-3-5-21(17)32(40)41/h3-10H,2,11-12H2,1H3/t27-/m0/s1. The van der Waals surface area contributed by atoms with E-state index in [0.717, 1.165) is 12.1 Å².